The zero-order valence-corrected chi connectivity index (χ0v) is 20.2. The summed E-state index contributed by atoms with van der Waals surface area (Å²) >= 11 is 0. The molecule has 3 heterocycles. The van der Waals surface area contributed by atoms with Crippen LogP contribution in [0.25, 0.3) is 22.0 Å². The Morgan fingerprint density at radius 2 is 1.86 bits per heavy atom. The lowest BCUT2D eigenvalue weighted by Crippen LogP contribution is -2.41. The molecule has 4 aromatic rings. The molecule has 10 nitrogen and oxygen atoms in total. The zero-order valence-electron chi connectivity index (χ0n) is 20.2. The second-order valence-electron chi connectivity index (χ2n) is 8.29. The minimum Gasteiger partial charge on any atom is -0.345 e. The first-order valence-corrected chi connectivity index (χ1v) is 11.1. The van der Waals surface area contributed by atoms with Crippen molar-refractivity contribution < 1.29 is 22.8 Å². The predicted molar refractivity (Wildman–Crippen MR) is 131 cm³/mol. The smallest absolute Gasteiger partial charge is 0.345 e. The van der Waals surface area contributed by atoms with Crippen LogP contribution in [0.1, 0.15) is 5.56 Å². The van der Waals surface area contributed by atoms with E-state index in [1.807, 2.05) is 7.05 Å². The summed E-state index contributed by atoms with van der Waals surface area (Å²) in [5.74, 6) is -0.642. The largest absolute Gasteiger partial charge is 0.405 e. The fourth-order valence-electron chi connectivity index (χ4n) is 3.92. The Kier molecular flexibility index (Phi) is 7.05. The molecule has 0 bridgehead atoms. The molecule has 2 amide bonds. The maximum Gasteiger partial charge on any atom is 0.405 e. The maximum absolute atomic E-state index is 12.5. The number of nitrogens with one attached hydrogen (secondary N) is 1. The molecule has 0 aliphatic rings. The Balaban J connectivity index is 1.61. The lowest BCUT2D eigenvalue weighted by molar-refractivity contribution is -0.137. The molecular formula is C24H23F3N8O2. The van der Waals surface area contributed by atoms with Crippen molar-refractivity contribution >= 4 is 40.5 Å². The average molecular weight is 512 g/mol. The number of hydrogen-bond acceptors (Lipinski definition) is 7. The highest BCUT2D eigenvalue weighted by Crippen LogP contribution is 2.35. The highest BCUT2D eigenvalue weighted by atomic mass is 19.4. The van der Waals surface area contributed by atoms with Gasteiger partial charge in [-0.2, -0.15) is 18.3 Å². The fraction of sp³-hybridized carbons (Fsp3) is 0.250. The molecule has 3 aromatic heterocycles. The van der Waals surface area contributed by atoms with Crippen LogP contribution in [-0.2, 0) is 16.6 Å². The third kappa shape index (κ3) is 5.50. The molecule has 0 saturated heterocycles. The molecule has 1 aromatic carbocycles. The van der Waals surface area contributed by atoms with Crippen molar-refractivity contribution in [1.29, 1.82) is 0 Å². The van der Waals surface area contributed by atoms with Gasteiger partial charge in [0.15, 0.2) is 0 Å². The maximum atomic E-state index is 12.5. The Morgan fingerprint density at radius 1 is 1.14 bits per heavy atom. The third-order valence-corrected chi connectivity index (χ3v) is 5.71. The standard InChI is InChI=1S/C24H23F3N8O2/c1-15-5-4-6-19(35(14-36)12-21(37)31-13-24(25,26)27)22(15)33(2)23-29-7-16(8-30-23)17-9-28-11-20-18(17)10-32-34(20)3/h4-11,14H,12-13H2,1-3H3,(H,31,37). The minimum atomic E-state index is -4.56. The molecule has 0 unspecified atom stereocenters. The van der Waals surface area contributed by atoms with E-state index in [1.165, 1.54) is 0 Å². The summed E-state index contributed by atoms with van der Waals surface area (Å²) < 4.78 is 39.1. The Morgan fingerprint density at radius 3 is 2.54 bits per heavy atom. The van der Waals surface area contributed by atoms with E-state index in [4.69, 9.17) is 0 Å². The number of amides is 2. The van der Waals surface area contributed by atoms with E-state index in [9.17, 15) is 22.8 Å². The number of rotatable bonds is 8. The van der Waals surface area contributed by atoms with Crippen molar-refractivity contribution in [3.63, 3.8) is 0 Å². The molecule has 0 radical (unpaired) electrons. The number of aromatic nitrogens is 5. The normalized spacial score (nSPS) is 11.4. The molecular weight excluding hydrogens is 489 g/mol. The summed E-state index contributed by atoms with van der Waals surface area (Å²) in [7, 11) is 3.52. The number of carbonyl (C=O) groups excluding carboxylic acids is 2. The van der Waals surface area contributed by atoms with Gasteiger partial charge in [-0.25, -0.2) is 9.97 Å². The monoisotopic (exact) mass is 512 g/mol. The van der Waals surface area contributed by atoms with E-state index in [0.29, 0.717) is 23.7 Å². The van der Waals surface area contributed by atoms with Gasteiger partial charge in [0.2, 0.25) is 18.3 Å². The Labute approximate surface area is 209 Å². The molecule has 0 saturated carbocycles. The van der Waals surface area contributed by atoms with Crippen LogP contribution in [0.5, 0.6) is 0 Å². The van der Waals surface area contributed by atoms with Crippen LogP contribution in [0.3, 0.4) is 0 Å². The minimum absolute atomic E-state index is 0.304. The van der Waals surface area contributed by atoms with Gasteiger partial charge in [-0.15, -0.1) is 0 Å². The molecule has 13 heteroatoms. The van der Waals surface area contributed by atoms with Gasteiger partial charge >= 0.3 is 6.18 Å². The van der Waals surface area contributed by atoms with Crippen molar-refractivity contribution in [3.8, 4) is 11.1 Å². The number of halogens is 3. The summed E-state index contributed by atoms with van der Waals surface area (Å²) in [4.78, 5) is 39.8. The van der Waals surface area contributed by atoms with Gasteiger partial charge in [0.25, 0.3) is 0 Å². The first-order valence-electron chi connectivity index (χ1n) is 11.1. The molecule has 0 aliphatic heterocycles. The number of aryl methyl sites for hydroxylation is 2. The SMILES string of the molecule is Cc1cccc(N(C=O)CC(=O)NCC(F)(F)F)c1N(C)c1ncc(-c2cncc3c2cnn3C)cn1. The number of para-hydroxylation sites is 1. The summed E-state index contributed by atoms with van der Waals surface area (Å²) in [5, 5.41) is 6.94. The molecule has 0 fully saturated rings. The van der Waals surface area contributed by atoms with Crippen LogP contribution in [0, 0.1) is 6.92 Å². The van der Waals surface area contributed by atoms with E-state index >= 15 is 0 Å². The van der Waals surface area contributed by atoms with Crippen molar-refractivity contribution in [2.24, 2.45) is 7.05 Å². The van der Waals surface area contributed by atoms with Crippen molar-refractivity contribution in [2.75, 3.05) is 29.9 Å². The first kappa shape index (κ1) is 25.5. The van der Waals surface area contributed by atoms with E-state index in [-0.39, 0.29) is 0 Å². The second-order valence-corrected chi connectivity index (χ2v) is 8.29. The topological polar surface area (TPSA) is 109 Å². The number of carbonyl (C=O) groups is 2. The number of fused-ring (bicyclic) bond motifs is 1. The molecule has 37 heavy (non-hydrogen) atoms. The molecule has 4 rings (SSSR count). The number of anilines is 3. The van der Waals surface area contributed by atoms with Gasteiger partial charge in [-0.3, -0.25) is 19.3 Å². The van der Waals surface area contributed by atoms with Crippen LogP contribution in [-0.4, -0.2) is 63.4 Å². The van der Waals surface area contributed by atoms with E-state index < -0.39 is 25.2 Å². The van der Waals surface area contributed by atoms with Gasteiger partial charge in [-0.05, 0) is 18.6 Å². The van der Waals surface area contributed by atoms with Crippen LogP contribution < -0.4 is 15.1 Å². The number of hydrogen-bond donors (Lipinski definition) is 1. The lowest BCUT2D eigenvalue weighted by Gasteiger charge is -2.27. The zero-order chi connectivity index (χ0) is 26.7. The number of benzene rings is 1. The predicted octanol–water partition coefficient (Wildman–Crippen LogP) is 3.14. The van der Waals surface area contributed by atoms with E-state index in [2.05, 4.69) is 20.1 Å². The number of alkyl halides is 3. The Hall–Kier alpha value is -4.55. The van der Waals surface area contributed by atoms with Gasteiger partial charge < -0.3 is 15.1 Å². The van der Waals surface area contributed by atoms with Gasteiger partial charge in [0, 0.05) is 49.2 Å². The van der Waals surface area contributed by atoms with Crippen LogP contribution in [0.15, 0.2) is 49.2 Å². The summed E-state index contributed by atoms with van der Waals surface area (Å²) in [6.07, 6.45) is 4.28. The molecule has 0 spiro atoms. The fourth-order valence-corrected chi connectivity index (χ4v) is 3.92. The van der Waals surface area contributed by atoms with Crippen molar-refractivity contribution in [1.82, 2.24) is 30.0 Å². The lowest BCUT2D eigenvalue weighted by atomic mass is 10.1. The molecule has 0 aliphatic carbocycles. The third-order valence-electron chi connectivity index (χ3n) is 5.71. The van der Waals surface area contributed by atoms with Gasteiger partial charge in [0.1, 0.15) is 13.1 Å². The molecule has 0 atom stereocenters. The highest BCUT2D eigenvalue weighted by molar-refractivity contribution is 5.94. The van der Waals surface area contributed by atoms with Gasteiger partial charge in [-0.1, -0.05) is 12.1 Å². The summed E-state index contributed by atoms with van der Waals surface area (Å²) in [5.41, 5.74) is 3.96. The molecule has 192 valence electrons. The first-order chi connectivity index (χ1) is 17.6. The summed E-state index contributed by atoms with van der Waals surface area (Å²) in [6.45, 7) is -0.279. The van der Waals surface area contributed by atoms with Crippen molar-refractivity contribution in [2.45, 2.75) is 13.1 Å². The highest BCUT2D eigenvalue weighted by Gasteiger charge is 2.28. The van der Waals surface area contributed by atoms with E-state index in [0.717, 1.165) is 32.5 Å². The van der Waals surface area contributed by atoms with Crippen LogP contribution >= 0.6 is 0 Å². The molecule has 1 N–H and O–H groups in total. The average Bonchev–Trinajstić information content (AvgIpc) is 3.26. The van der Waals surface area contributed by atoms with Crippen LogP contribution in [0.2, 0.25) is 0 Å². The quantitative estimate of drug-likeness (QED) is 0.361. The van der Waals surface area contributed by atoms with Crippen LogP contribution in [0.4, 0.5) is 30.5 Å². The van der Waals surface area contributed by atoms with Gasteiger partial charge in [0.05, 0.1) is 29.3 Å². The second kappa shape index (κ2) is 10.2. The van der Waals surface area contributed by atoms with Crippen molar-refractivity contribution in [3.05, 3.63) is 54.7 Å². The summed E-state index contributed by atoms with van der Waals surface area (Å²) in [6, 6.07) is 5.07. The number of nitrogens with zero attached hydrogens (tertiary/aromatic N) is 7. The Bertz CT molecular complexity index is 1440. The van der Waals surface area contributed by atoms with E-state index in [1.54, 1.807) is 78.1 Å². The number of pyridine rings is 1.